The fourth-order valence-corrected chi connectivity index (χ4v) is 1.38. The molecule has 6 nitrogen and oxygen atoms in total. The van der Waals surface area contributed by atoms with Crippen LogP contribution in [-0.4, -0.2) is 27.7 Å². The molecule has 0 unspecified atom stereocenters. The van der Waals surface area contributed by atoms with Gasteiger partial charge in [0.15, 0.2) is 4.77 Å². The summed E-state index contributed by atoms with van der Waals surface area (Å²) in [6, 6.07) is 0. The Labute approximate surface area is 90.6 Å². The number of carboxylic acids is 1. The number of carbonyl (C=O) groups is 1. The van der Waals surface area contributed by atoms with Gasteiger partial charge in [-0.15, -0.1) is 0 Å². The number of carboxylic acid groups (broad SMARTS) is 1. The zero-order valence-corrected chi connectivity index (χ0v) is 9.14. The number of anilines is 1. The summed E-state index contributed by atoms with van der Waals surface area (Å²) < 4.78 is 1.45. The number of nitrogens with zero attached hydrogens (tertiary/aromatic N) is 1. The van der Waals surface area contributed by atoms with Crippen molar-refractivity contribution in [1.82, 2.24) is 9.55 Å². The average Bonchev–Trinajstić information content (AvgIpc) is 2.18. The van der Waals surface area contributed by atoms with Gasteiger partial charge in [-0.05, 0) is 12.2 Å². The van der Waals surface area contributed by atoms with Crippen LogP contribution in [0.1, 0.15) is 5.56 Å². The van der Waals surface area contributed by atoms with Crippen molar-refractivity contribution in [2.45, 2.75) is 6.42 Å². The second-order valence-corrected chi connectivity index (χ2v) is 3.36. The van der Waals surface area contributed by atoms with Crippen LogP contribution in [0.15, 0.2) is 4.79 Å². The van der Waals surface area contributed by atoms with Crippen LogP contribution in [0, 0.1) is 4.77 Å². The van der Waals surface area contributed by atoms with Gasteiger partial charge in [0.25, 0.3) is 5.56 Å². The maximum Gasteiger partial charge on any atom is 0.308 e. The fraction of sp³-hybridized carbons (Fsp3) is 0.375. The van der Waals surface area contributed by atoms with E-state index in [1.165, 1.54) is 11.6 Å². The minimum absolute atomic E-state index is 0.168. The molecule has 0 bridgehead atoms. The molecule has 0 atom stereocenters. The highest BCUT2D eigenvalue weighted by Gasteiger charge is 2.12. The van der Waals surface area contributed by atoms with Crippen LogP contribution in [0.3, 0.4) is 0 Å². The Morgan fingerprint density at radius 2 is 2.27 bits per heavy atom. The number of nitrogens with one attached hydrogen (secondary N) is 2. The predicted octanol–water partition coefficient (Wildman–Crippen LogP) is 0.112. The maximum absolute atomic E-state index is 11.7. The van der Waals surface area contributed by atoms with E-state index in [0.29, 0.717) is 5.82 Å². The average molecular weight is 229 g/mol. The first kappa shape index (κ1) is 11.4. The van der Waals surface area contributed by atoms with Crippen molar-refractivity contribution in [3.63, 3.8) is 0 Å². The van der Waals surface area contributed by atoms with Gasteiger partial charge in [-0.25, -0.2) is 0 Å². The third kappa shape index (κ3) is 2.24. The Balaban J connectivity index is 3.47. The van der Waals surface area contributed by atoms with Crippen molar-refractivity contribution >= 4 is 24.0 Å². The minimum atomic E-state index is -1.06. The summed E-state index contributed by atoms with van der Waals surface area (Å²) in [5.41, 5.74) is -0.230. The highest BCUT2D eigenvalue weighted by atomic mass is 32.1. The first-order chi connectivity index (χ1) is 6.97. The third-order valence-corrected chi connectivity index (χ3v) is 2.36. The van der Waals surface area contributed by atoms with E-state index in [1.807, 2.05) is 0 Å². The van der Waals surface area contributed by atoms with Crippen LogP contribution in [0.2, 0.25) is 0 Å². The van der Waals surface area contributed by atoms with Gasteiger partial charge in [0.2, 0.25) is 0 Å². The molecule has 3 N–H and O–H groups in total. The van der Waals surface area contributed by atoms with E-state index < -0.39 is 11.5 Å². The normalized spacial score (nSPS) is 10.0. The van der Waals surface area contributed by atoms with Gasteiger partial charge in [0.1, 0.15) is 5.82 Å². The zero-order valence-electron chi connectivity index (χ0n) is 8.33. The molecule has 0 aliphatic rings. The van der Waals surface area contributed by atoms with Gasteiger partial charge < -0.3 is 15.4 Å². The number of hydrogen-bond donors (Lipinski definition) is 3. The first-order valence-corrected chi connectivity index (χ1v) is 4.60. The Morgan fingerprint density at radius 3 is 2.73 bits per heavy atom. The van der Waals surface area contributed by atoms with Crippen molar-refractivity contribution in [3.05, 3.63) is 20.7 Å². The minimum Gasteiger partial charge on any atom is -0.481 e. The van der Waals surface area contributed by atoms with Crippen molar-refractivity contribution in [1.29, 1.82) is 0 Å². The third-order valence-electron chi connectivity index (χ3n) is 1.98. The van der Waals surface area contributed by atoms with Crippen molar-refractivity contribution in [3.8, 4) is 0 Å². The molecule has 0 aromatic carbocycles. The lowest BCUT2D eigenvalue weighted by Gasteiger charge is -2.08. The summed E-state index contributed by atoms with van der Waals surface area (Å²) in [4.78, 5) is 25.0. The highest BCUT2D eigenvalue weighted by molar-refractivity contribution is 7.71. The largest absolute Gasteiger partial charge is 0.481 e. The standard InChI is InChI=1S/C8H11N3O3S/c1-9-6-4(3-5(12)13)7(14)11(2)8(15)10-6/h9H,3H2,1-2H3,(H,10,15)(H,12,13). The van der Waals surface area contributed by atoms with Gasteiger partial charge in [-0.2, -0.15) is 0 Å². The quantitative estimate of drug-likeness (QED) is 0.640. The number of hydrogen-bond acceptors (Lipinski definition) is 4. The molecule has 0 saturated carbocycles. The van der Waals surface area contributed by atoms with Gasteiger partial charge in [-0.3, -0.25) is 14.2 Å². The van der Waals surface area contributed by atoms with E-state index >= 15 is 0 Å². The van der Waals surface area contributed by atoms with E-state index in [4.69, 9.17) is 17.3 Å². The number of aromatic nitrogens is 2. The second kappa shape index (κ2) is 4.26. The summed E-state index contributed by atoms with van der Waals surface area (Å²) in [7, 11) is 3.08. The molecule has 0 aliphatic heterocycles. The molecular formula is C8H11N3O3S. The lowest BCUT2D eigenvalue weighted by Crippen LogP contribution is -2.26. The van der Waals surface area contributed by atoms with Gasteiger partial charge >= 0.3 is 5.97 Å². The molecule has 82 valence electrons. The first-order valence-electron chi connectivity index (χ1n) is 4.19. The lowest BCUT2D eigenvalue weighted by molar-refractivity contribution is -0.136. The van der Waals surface area contributed by atoms with Crippen molar-refractivity contribution in [2.24, 2.45) is 7.05 Å². The number of aliphatic carboxylic acids is 1. The monoisotopic (exact) mass is 229 g/mol. The number of H-pyrrole nitrogens is 1. The Morgan fingerprint density at radius 1 is 1.67 bits per heavy atom. The van der Waals surface area contributed by atoms with Gasteiger partial charge in [0.05, 0.1) is 12.0 Å². The van der Waals surface area contributed by atoms with Gasteiger partial charge in [0, 0.05) is 14.1 Å². The van der Waals surface area contributed by atoms with Crippen LogP contribution in [-0.2, 0) is 18.3 Å². The summed E-state index contributed by atoms with van der Waals surface area (Å²) in [5.74, 6) is -0.709. The van der Waals surface area contributed by atoms with E-state index in [1.54, 1.807) is 7.05 Å². The maximum atomic E-state index is 11.7. The molecule has 1 aromatic rings. The SMILES string of the molecule is CNc1[nH]c(=S)n(C)c(=O)c1CC(=O)O. The smallest absolute Gasteiger partial charge is 0.308 e. The molecule has 1 heterocycles. The molecule has 0 amide bonds. The topological polar surface area (TPSA) is 87.1 Å². The highest BCUT2D eigenvalue weighted by Crippen LogP contribution is 2.07. The molecule has 1 aromatic heterocycles. The van der Waals surface area contributed by atoms with Crippen LogP contribution in [0.4, 0.5) is 5.82 Å². The molecule has 0 radical (unpaired) electrons. The number of rotatable bonds is 3. The van der Waals surface area contributed by atoms with Crippen LogP contribution < -0.4 is 10.9 Å². The van der Waals surface area contributed by atoms with Crippen LogP contribution in [0.25, 0.3) is 0 Å². The molecule has 0 saturated heterocycles. The molecular weight excluding hydrogens is 218 g/mol. The molecule has 0 aliphatic carbocycles. The summed E-state index contributed by atoms with van der Waals surface area (Å²) in [6.07, 6.45) is -0.338. The van der Waals surface area contributed by atoms with Crippen LogP contribution >= 0.6 is 12.2 Å². The van der Waals surface area contributed by atoms with E-state index in [2.05, 4.69) is 10.3 Å². The van der Waals surface area contributed by atoms with Gasteiger partial charge in [-0.1, -0.05) is 0 Å². The van der Waals surface area contributed by atoms with E-state index in [9.17, 15) is 9.59 Å². The Hall–Kier alpha value is -1.63. The van der Waals surface area contributed by atoms with Crippen molar-refractivity contribution < 1.29 is 9.90 Å². The number of aromatic amines is 1. The Kier molecular flexibility index (Phi) is 3.25. The molecule has 7 heteroatoms. The zero-order chi connectivity index (χ0) is 11.6. The summed E-state index contributed by atoms with van der Waals surface area (Å²) in [5, 5.41) is 11.4. The molecule has 0 fully saturated rings. The molecule has 1 rings (SSSR count). The van der Waals surface area contributed by atoms with E-state index in [-0.39, 0.29) is 16.8 Å². The lowest BCUT2D eigenvalue weighted by atomic mass is 10.2. The molecule has 15 heavy (non-hydrogen) atoms. The predicted molar refractivity (Wildman–Crippen MR) is 57.8 cm³/mol. The second-order valence-electron chi connectivity index (χ2n) is 2.97. The van der Waals surface area contributed by atoms with E-state index in [0.717, 1.165) is 0 Å². The summed E-state index contributed by atoms with van der Waals surface area (Å²) in [6.45, 7) is 0. The van der Waals surface area contributed by atoms with Crippen molar-refractivity contribution in [2.75, 3.05) is 12.4 Å². The van der Waals surface area contributed by atoms with Crippen LogP contribution in [0.5, 0.6) is 0 Å². The Bertz CT molecular complexity index is 503. The summed E-state index contributed by atoms with van der Waals surface area (Å²) >= 11 is 4.89. The fourth-order valence-electron chi connectivity index (χ4n) is 1.20. The molecule has 0 spiro atoms.